The van der Waals surface area contributed by atoms with Gasteiger partial charge in [0.1, 0.15) is 6.54 Å². The third kappa shape index (κ3) is 3.83. The zero-order chi connectivity index (χ0) is 20.4. The molecule has 1 aromatic carbocycles. The Bertz CT molecular complexity index is 1090. The number of anilines is 1. The molecule has 1 saturated heterocycles. The molecular formula is C20H27N6O3+. The molecule has 9 heteroatoms. The summed E-state index contributed by atoms with van der Waals surface area (Å²) in [4.78, 5) is 35.3. The number of nitrogens with zero attached hydrogens (tertiary/aromatic N) is 4. The van der Waals surface area contributed by atoms with E-state index in [2.05, 4.69) is 39.1 Å². The number of H-pyrrole nitrogens is 1. The van der Waals surface area contributed by atoms with Crippen LogP contribution in [0.3, 0.4) is 0 Å². The van der Waals surface area contributed by atoms with Gasteiger partial charge in [0.05, 0.1) is 32.8 Å². The number of hydrogen-bond donors (Lipinski definition) is 2. The standard InChI is InChI=1S/C20H26N6O3/c1-23-17-16(18(27)22-20(23)28)26(12-13-29-2)19(21-17)25-10-8-24(9-11-25)14-15-6-4-3-5-7-15/h3-7H,8-14H2,1-2H3,(H,22,27,28)/p+1. The molecular weight excluding hydrogens is 372 g/mol. The molecule has 3 heterocycles. The summed E-state index contributed by atoms with van der Waals surface area (Å²) in [7, 11) is 3.25. The number of methoxy groups -OCH3 is 1. The third-order valence-corrected chi connectivity index (χ3v) is 5.56. The van der Waals surface area contributed by atoms with Crippen molar-refractivity contribution in [2.75, 3.05) is 44.8 Å². The van der Waals surface area contributed by atoms with Crippen molar-refractivity contribution in [1.29, 1.82) is 0 Å². The molecule has 0 amide bonds. The minimum Gasteiger partial charge on any atom is -0.383 e. The van der Waals surface area contributed by atoms with E-state index in [1.807, 2.05) is 10.6 Å². The van der Waals surface area contributed by atoms with Crippen LogP contribution >= 0.6 is 0 Å². The number of nitrogens with one attached hydrogen (secondary N) is 2. The molecule has 1 aliphatic heterocycles. The van der Waals surface area contributed by atoms with Gasteiger partial charge in [-0.3, -0.25) is 14.3 Å². The van der Waals surface area contributed by atoms with E-state index in [1.165, 1.54) is 15.0 Å². The number of aryl methyl sites for hydroxylation is 1. The number of quaternary nitrogens is 1. The normalized spacial score (nSPS) is 15.3. The van der Waals surface area contributed by atoms with Crippen LogP contribution in [-0.2, 0) is 24.9 Å². The Kier molecular flexibility index (Phi) is 5.50. The topological polar surface area (TPSA) is 89.6 Å². The van der Waals surface area contributed by atoms with Crippen LogP contribution in [0.25, 0.3) is 11.2 Å². The zero-order valence-electron chi connectivity index (χ0n) is 16.9. The van der Waals surface area contributed by atoms with Gasteiger partial charge in [0.15, 0.2) is 11.2 Å². The first-order valence-corrected chi connectivity index (χ1v) is 9.89. The summed E-state index contributed by atoms with van der Waals surface area (Å²) in [6.45, 7) is 5.60. The highest BCUT2D eigenvalue weighted by molar-refractivity contribution is 5.74. The number of imidazole rings is 1. The van der Waals surface area contributed by atoms with E-state index in [0.29, 0.717) is 24.3 Å². The number of rotatable bonds is 6. The predicted octanol–water partition coefficient (Wildman–Crippen LogP) is -1.03. The monoisotopic (exact) mass is 399 g/mol. The van der Waals surface area contributed by atoms with Gasteiger partial charge in [0.25, 0.3) is 5.56 Å². The average Bonchev–Trinajstić information content (AvgIpc) is 3.12. The lowest BCUT2D eigenvalue weighted by atomic mass is 10.2. The van der Waals surface area contributed by atoms with Crippen LogP contribution in [0.5, 0.6) is 0 Å². The number of ether oxygens (including phenoxy) is 1. The van der Waals surface area contributed by atoms with E-state index >= 15 is 0 Å². The fourth-order valence-corrected chi connectivity index (χ4v) is 3.94. The van der Waals surface area contributed by atoms with Gasteiger partial charge in [0.2, 0.25) is 5.95 Å². The highest BCUT2D eigenvalue weighted by Gasteiger charge is 2.26. The van der Waals surface area contributed by atoms with Gasteiger partial charge in [0, 0.05) is 26.3 Å². The molecule has 0 atom stereocenters. The Balaban J connectivity index is 1.60. The predicted molar refractivity (Wildman–Crippen MR) is 111 cm³/mol. The molecule has 0 radical (unpaired) electrons. The van der Waals surface area contributed by atoms with Crippen LogP contribution < -0.4 is 21.0 Å². The van der Waals surface area contributed by atoms with E-state index in [-0.39, 0.29) is 0 Å². The maximum atomic E-state index is 12.5. The van der Waals surface area contributed by atoms with Crippen LogP contribution in [0, 0.1) is 0 Å². The largest absolute Gasteiger partial charge is 0.383 e. The number of aromatic nitrogens is 4. The quantitative estimate of drug-likeness (QED) is 0.554. The Morgan fingerprint density at radius 2 is 1.90 bits per heavy atom. The second-order valence-electron chi connectivity index (χ2n) is 7.45. The van der Waals surface area contributed by atoms with Crippen LogP contribution in [0.1, 0.15) is 5.56 Å². The second-order valence-corrected chi connectivity index (χ2v) is 7.45. The van der Waals surface area contributed by atoms with E-state index < -0.39 is 11.2 Å². The van der Waals surface area contributed by atoms with Crippen molar-refractivity contribution in [3.8, 4) is 0 Å². The zero-order valence-corrected chi connectivity index (χ0v) is 16.9. The molecule has 2 aromatic heterocycles. The number of benzene rings is 1. The first-order chi connectivity index (χ1) is 14.1. The van der Waals surface area contributed by atoms with Crippen molar-refractivity contribution < 1.29 is 9.64 Å². The van der Waals surface area contributed by atoms with Crippen LogP contribution in [-0.4, -0.2) is 59.0 Å². The smallest absolute Gasteiger partial charge is 0.329 e. The van der Waals surface area contributed by atoms with Crippen LogP contribution in [0.15, 0.2) is 39.9 Å². The van der Waals surface area contributed by atoms with Crippen molar-refractivity contribution in [2.45, 2.75) is 13.1 Å². The molecule has 2 N–H and O–H groups in total. The summed E-state index contributed by atoms with van der Waals surface area (Å²) in [6.07, 6.45) is 0. The number of fused-ring (bicyclic) bond motifs is 1. The van der Waals surface area contributed by atoms with E-state index in [9.17, 15) is 9.59 Å². The molecule has 1 fully saturated rings. The Labute approximate surface area is 168 Å². The van der Waals surface area contributed by atoms with Crippen molar-refractivity contribution in [3.63, 3.8) is 0 Å². The Morgan fingerprint density at radius 3 is 2.59 bits per heavy atom. The minimum atomic E-state index is -0.456. The Morgan fingerprint density at radius 1 is 1.17 bits per heavy atom. The van der Waals surface area contributed by atoms with Gasteiger partial charge in [-0.2, -0.15) is 4.98 Å². The highest BCUT2D eigenvalue weighted by Crippen LogP contribution is 2.19. The van der Waals surface area contributed by atoms with Crippen molar-refractivity contribution in [3.05, 3.63) is 56.7 Å². The molecule has 4 rings (SSSR count). The van der Waals surface area contributed by atoms with Gasteiger partial charge in [-0.25, -0.2) is 4.79 Å². The third-order valence-electron chi connectivity index (χ3n) is 5.56. The first kappa shape index (κ1) is 19.4. The molecule has 1 aliphatic rings. The van der Waals surface area contributed by atoms with Crippen molar-refractivity contribution >= 4 is 17.1 Å². The number of aromatic amines is 1. The minimum absolute atomic E-state index is 0.406. The molecule has 29 heavy (non-hydrogen) atoms. The number of hydrogen-bond acceptors (Lipinski definition) is 5. The van der Waals surface area contributed by atoms with Crippen molar-refractivity contribution in [1.82, 2.24) is 19.1 Å². The fourth-order valence-electron chi connectivity index (χ4n) is 3.94. The molecule has 154 valence electrons. The van der Waals surface area contributed by atoms with Crippen molar-refractivity contribution in [2.24, 2.45) is 7.05 Å². The molecule has 9 nitrogen and oxygen atoms in total. The van der Waals surface area contributed by atoms with Crippen LogP contribution in [0.2, 0.25) is 0 Å². The Hall–Kier alpha value is -2.91. The lowest BCUT2D eigenvalue weighted by molar-refractivity contribution is -0.914. The highest BCUT2D eigenvalue weighted by atomic mass is 16.5. The summed E-state index contributed by atoms with van der Waals surface area (Å²) in [5.41, 5.74) is 1.29. The first-order valence-electron chi connectivity index (χ1n) is 9.89. The lowest BCUT2D eigenvalue weighted by Gasteiger charge is -2.33. The van der Waals surface area contributed by atoms with Gasteiger partial charge in [-0.15, -0.1) is 0 Å². The molecule has 0 spiro atoms. The molecule has 3 aromatic rings. The second kappa shape index (κ2) is 8.22. The maximum Gasteiger partial charge on any atom is 0.329 e. The molecule has 0 saturated carbocycles. The summed E-state index contributed by atoms with van der Waals surface area (Å²) in [5, 5.41) is 0. The van der Waals surface area contributed by atoms with E-state index in [1.54, 1.807) is 14.2 Å². The summed E-state index contributed by atoms with van der Waals surface area (Å²) in [5.74, 6) is 0.725. The summed E-state index contributed by atoms with van der Waals surface area (Å²) < 4.78 is 8.50. The molecule has 0 unspecified atom stereocenters. The van der Waals surface area contributed by atoms with Gasteiger partial charge in [-0.05, 0) is 0 Å². The maximum absolute atomic E-state index is 12.5. The van der Waals surface area contributed by atoms with Gasteiger partial charge >= 0.3 is 5.69 Å². The molecule has 0 aliphatic carbocycles. The average molecular weight is 399 g/mol. The summed E-state index contributed by atoms with van der Waals surface area (Å²) in [6, 6.07) is 10.5. The van der Waals surface area contributed by atoms with E-state index in [0.717, 1.165) is 38.7 Å². The SMILES string of the molecule is COCCn1c(N2CC[NH+](Cc3ccccc3)CC2)nc2c1c(=O)[nH]c(=O)n2C. The van der Waals surface area contributed by atoms with Gasteiger partial charge in [-0.1, -0.05) is 30.3 Å². The van der Waals surface area contributed by atoms with Gasteiger partial charge < -0.3 is 19.1 Å². The fraction of sp³-hybridized carbons (Fsp3) is 0.450. The molecule has 0 bridgehead atoms. The summed E-state index contributed by atoms with van der Waals surface area (Å²) >= 11 is 0. The lowest BCUT2D eigenvalue weighted by Crippen LogP contribution is -3.13. The van der Waals surface area contributed by atoms with Crippen LogP contribution in [0.4, 0.5) is 5.95 Å². The number of piperazine rings is 1. The van der Waals surface area contributed by atoms with E-state index in [4.69, 9.17) is 4.74 Å².